The van der Waals surface area contributed by atoms with Crippen LogP contribution in [0.5, 0.6) is 23.0 Å². The molecule has 10 aromatic rings. The van der Waals surface area contributed by atoms with Gasteiger partial charge in [-0.05, 0) is 74.3 Å². The van der Waals surface area contributed by atoms with Crippen molar-refractivity contribution in [3.8, 4) is 79.4 Å². The number of aromatic hydroxyl groups is 4. The Morgan fingerprint density at radius 3 is 1.16 bits per heavy atom. The summed E-state index contributed by atoms with van der Waals surface area (Å²) in [6.07, 6.45) is 0. The van der Waals surface area contributed by atoms with Gasteiger partial charge < -0.3 is 20.4 Å². The Balaban J connectivity index is 1.29. The molecule has 0 bridgehead atoms. The zero-order valence-corrected chi connectivity index (χ0v) is 30.6. The molecule has 0 saturated carbocycles. The normalized spacial score (nSPS) is 11.5. The molecule has 0 unspecified atom stereocenters. The molecule has 57 heavy (non-hydrogen) atoms. The Hall–Kier alpha value is -7.77. The summed E-state index contributed by atoms with van der Waals surface area (Å²) in [7, 11) is 0. The third kappa shape index (κ3) is 5.55. The Morgan fingerprint density at radius 1 is 0.351 bits per heavy atom. The molecule has 0 aliphatic rings. The van der Waals surface area contributed by atoms with E-state index in [1.165, 1.54) is 0 Å². The molecule has 7 heteroatoms. The van der Waals surface area contributed by atoms with E-state index in [0.717, 1.165) is 48.7 Å². The maximum Gasteiger partial charge on any atom is 0.167 e. The molecule has 0 atom stereocenters. The van der Waals surface area contributed by atoms with Crippen molar-refractivity contribution in [3.63, 3.8) is 0 Å². The highest BCUT2D eigenvalue weighted by Gasteiger charge is 2.26. The summed E-state index contributed by atoms with van der Waals surface area (Å²) in [5.74, 6) is 0.484. The maximum atomic E-state index is 12.5. The molecule has 10 rings (SSSR count). The molecule has 1 aromatic heterocycles. The predicted octanol–water partition coefficient (Wildman–Crippen LogP) is 12.0. The lowest BCUT2D eigenvalue weighted by molar-refractivity contribution is 0.470. The topological polar surface area (TPSA) is 120 Å². The maximum absolute atomic E-state index is 12.5. The summed E-state index contributed by atoms with van der Waals surface area (Å²) in [4.78, 5) is 15.0. The van der Waals surface area contributed by atoms with Crippen LogP contribution in [-0.4, -0.2) is 35.4 Å². The fourth-order valence-corrected chi connectivity index (χ4v) is 8.01. The highest BCUT2D eigenvalue weighted by atomic mass is 16.3. The SMILES string of the molecule is Cc1ccc(-c2nc(-c3cc4ccccc4c(-c4c(O)ccc5ccccc45)c3O)nc(-c3cc4ccccc4c(-c4c(O)ccc5ccccc45)c3O)n2)cc1. The second kappa shape index (κ2) is 13.2. The van der Waals surface area contributed by atoms with Crippen molar-refractivity contribution >= 4 is 43.1 Å². The molecule has 4 N–H and O–H groups in total. The Morgan fingerprint density at radius 2 is 0.719 bits per heavy atom. The largest absolute Gasteiger partial charge is 0.507 e. The fourth-order valence-electron chi connectivity index (χ4n) is 8.01. The minimum atomic E-state index is -0.114. The molecule has 7 nitrogen and oxygen atoms in total. The zero-order chi connectivity index (χ0) is 38.8. The summed E-state index contributed by atoms with van der Waals surface area (Å²) < 4.78 is 0. The van der Waals surface area contributed by atoms with E-state index in [-0.39, 0.29) is 34.6 Å². The number of benzene rings is 9. The van der Waals surface area contributed by atoms with E-state index in [0.29, 0.717) is 44.8 Å². The molecular weight excluding hydrogens is 707 g/mol. The van der Waals surface area contributed by atoms with E-state index in [1.54, 1.807) is 12.1 Å². The van der Waals surface area contributed by atoms with Gasteiger partial charge in [0.2, 0.25) is 0 Å². The van der Waals surface area contributed by atoms with Crippen molar-refractivity contribution in [2.45, 2.75) is 6.92 Å². The van der Waals surface area contributed by atoms with E-state index in [1.807, 2.05) is 153 Å². The molecule has 0 aliphatic heterocycles. The monoisotopic (exact) mass is 739 g/mol. The lowest BCUT2D eigenvalue weighted by atomic mass is 9.90. The number of phenolic OH excluding ortho intramolecular Hbond substituents is 4. The summed E-state index contributed by atoms with van der Waals surface area (Å²) >= 11 is 0. The van der Waals surface area contributed by atoms with Crippen LogP contribution in [0.4, 0.5) is 0 Å². The molecule has 0 aliphatic carbocycles. The summed E-state index contributed by atoms with van der Waals surface area (Å²) in [5.41, 5.74) is 4.28. The zero-order valence-electron chi connectivity index (χ0n) is 30.6. The van der Waals surface area contributed by atoms with Crippen LogP contribution in [0.15, 0.2) is 158 Å². The van der Waals surface area contributed by atoms with E-state index in [2.05, 4.69) is 0 Å². The number of hydrogen-bond acceptors (Lipinski definition) is 7. The van der Waals surface area contributed by atoms with Crippen molar-refractivity contribution in [2.24, 2.45) is 0 Å². The number of aromatic nitrogens is 3. The minimum absolute atomic E-state index is 0.0216. The highest BCUT2D eigenvalue weighted by Crippen LogP contribution is 2.50. The van der Waals surface area contributed by atoms with Crippen LogP contribution in [0.1, 0.15) is 5.56 Å². The third-order valence-corrected chi connectivity index (χ3v) is 10.8. The molecule has 0 radical (unpaired) electrons. The van der Waals surface area contributed by atoms with E-state index >= 15 is 0 Å². The van der Waals surface area contributed by atoms with Gasteiger partial charge in [0.1, 0.15) is 23.0 Å². The van der Waals surface area contributed by atoms with Gasteiger partial charge in [-0.1, -0.05) is 139 Å². The van der Waals surface area contributed by atoms with Gasteiger partial charge in [-0.15, -0.1) is 0 Å². The third-order valence-electron chi connectivity index (χ3n) is 10.8. The first-order valence-corrected chi connectivity index (χ1v) is 18.6. The van der Waals surface area contributed by atoms with Gasteiger partial charge in [-0.25, -0.2) is 15.0 Å². The molecule has 0 spiro atoms. The van der Waals surface area contributed by atoms with Crippen LogP contribution in [0.25, 0.3) is 99.5 Å². The van der Waals surface area contributed by atoms with Crippen LogP contribution in [-0.2, 0) is 0 Å². The molecular formula is C50H33N3O4. The van der Waals surface area contributed by atoms with E-state index < -0.39 is 0 Å². The van der Waals surface area contributed by atoms with Gasteiger partial charge in [0.25, 0.3) is 0 Å². The van der Waals surface area contributed by atoms with Gasteiger partial charge in [0.15, 0.2) is 17.5 Å². The number of phenols is 4. The molecule has 1 heterocycles. The van der Waals surface area contributed by atoms with Crippen molar-refractivity contribution in [3.05, 3.63) is 163 Å². The minimum Gasteiger partial charge on any atom is -0.507 e. The lowest BCUT2D eigenvalue weighted by Gasteiger charge is -2.18. The van der Waals surface area contributed by atoms with Crippen LogP contribution < -0.4 is 0 Å². The number of aryl methyl sites for hydroxylation is 1. The number of rotatable bonds is 5. The average Bonchev–Trinajstić information content (AvgIpc) is 3.24. The van der Waals surface area contributed by atoms with Crippen molar-refractivity contribution in [2.75, 3.05) is 0 Å². The lowest BCUT2D eigenvalue weighted by Crippen LogP contribution is -2.02. The standard InChI is InChI=1S/C50H33N3O4/c1-28-18-20-31(21-19-28)48-51-49(38-26-32-12-4-8-16-36(32)44(46(38)56)42-34-14-6-2-10-29(34)22-24-40(42)54)53-50(52-48)39-27-33-13-5-9-17-37(33)45(47(39)57)43-35-15-7-3-11-30(35)23-25-41(43)55/h2-27,54-57H,1H3. The number of hydrogen-bond donors (Lipinski definition) is 4. The fraction of sp³-hybridized carbons (Fsp3) is 0.0200. The second-order valence-corrected chi connectivity index (χ2v) is 14.3. The molecule has 0 fully saturated rings. The van der Waals surface area contributed by atoms with Crippen molar-refractivity contribution < 1.29 is 20.4 Å². The smallest absolute Gasteiger partial charge is 0.167 e. The molecule has 0 amide bonds. The first-order valence-electron chi connectivity index (χ1n) is 18.6. The van der Waals surface area contributed by atoms with Crippen molar-refractivity contribution in [1.82, 2.24) is 15.0 Å². The highest BCUT2D eigenvalue weighted by molar-refractivity contribution is 6.13. The van der Waals surface area contributed by atoms with Crippen molar-refractivity contribution in [1.29, 1.82) is 0 Å². The first-order chi connectivity index (χ1) is 27.8. The first kappa shape index (κ1) is 33.8. The number of nitrogens with zero attached hydrogens (tertiary/aromatic N) is 3. The Labute approximate surface area is 327 Å². The molecule has 9 aromatic carbocycles. The van der Waals surface area contributed by atoms with E-state index in [4.69, 9.17) is 15.0 Å². The van der Waals surface area contributed by atoms with Crippen LogP contribution in [0.3, 0.4) is 0 Å². The van der Waals surface area contributed by atoms with Gasteiger partial charge in [0.05, 0.1) is 11.1 Å². The molecule has 0 saturated heterocycles. The predicted molar refractivity (Wildman–Crippen MR) is 228 cm³/mol. The van der Waals surface area contributed by atoms with Gasteiger partial charge in [0, 0.05) is 27.8 Å². The van der Waals surface area contributed by atoms with Gasteiger partial charge in [-0.2, -0.15) is 0 Å². The Kier molecular flexibility index (Phi) is 7.83. The quantitative estimate of drug-likeness (QED) is 0.139. The summed E-state index contributed by atoms with van der Waals surface area (Å²) in [6, 6.07) is 49.3. The van der Waals surface area contributed by atoms with Crippen LogP contribution in [0.2, 0.25) is 0 Å². The van der Waals surface area contributed by atoms with Crippen LogP contribution in [0, 0.1) is 6.92 Å². The second-order valence-electron chi connectivity index (χ2n) is 14.3. The van der Waals surface area contributed by atoms with E-state index in [9.17, 15) is 20.4 Å². The van der Waals surface area contributed by atoms with Gasteiger partial charge in [-0.3, -0.25) is 0 Å². The average molecular weight is 740 g/mol. The van der Waals surface area contributed by atoms with Crippen LogP contribution >= 0.6 is 0 Å². The Bertz CT molecular complexity index is 3060. The molecule has 272 valence electrons. The number of fused-ring (bicyclic) bond motifs is 4. The summed E-state index contributed by atoms with van der Waals surface area (Å²) in [5, 5.41) is 54.3. The summed E-state index contributed by atoms with van der Waals surface area (Å²) in [6.45, 7) is 2.00. The van der Waals surface area contributed by atoms with Gasteiger partial charge >= 0.3 is 0 Å².